The van der Waals surface area contributed by atoms with Crippen molar-refractivity contribution in [2.75, 3.05) is 0 Å². The predicted molar refractivity (Wildman–Crippen MR) is 27.9 cm³/mol. The molecule has 0 fully saturated rings. The standard InChI is InChI=1S/C3H9N3O2/c1-3(4,5)6-2(7)8/h6H,4-5H2,1H3,(H,7,8). The first-order valence-electron chi connectivity index (χ1n) is 2.01. The zero-order chi connectivity index (χ0) is 6.78. The van der Waals surface area contributed by atoms with E-state index >= 15 is 0 Å². The van der Waals surface area contributed by atoms with Gasteiger partial charge in [-0.15, -0.1) is 0 Å². The van der Waals surface area contributed by atoms with Gasteiger partial charge in [0.1, 0.15) is 5.79 Å². The number of nitrogens with two attached hydrogens (primary N) is 2. The summed E-state index contributed by atoms with van der Waals surface area (Å²) in [6.07, 6.45) is -1.22. The molecule has 0 aliphatic rings. The summed E-state index contributed by atoms with van der Waals surface area (Å²) >= 11 is 0. The van der Waals surface area contributed by atoms with Crippen molar-refractivity contribution in [3.63, 3.8) is 0 Å². The minimum Gasteiger partial charge on any atom is -0.465 e. The highest BCUT2D eigenvalue weighted by Gasteiger charge is 2.11. The van der Waals surface area contributed by atoms with Crippen molar-refractivity contribution in [1.29, 1.82) is 0 Å². The van der Waals surface area contributed by atoms with Crippen LogP contribution in [0.25, 0.3) is 0 Å². The molecule has 0 heterocycles. The third kappa shape index (κ3) is 5.19. The van der Waals surface area contributed by atoms with Gasteiger partial charge in [0.25, 0.3) is 0 Å². The molecule has 0 rings (SSSR count). The summed E-state index contributed by atoms with van der Waals surface area (Å²) in [6.45, 7) is 1.35. The first kappa shape index (κ1) is 7.19. The van der Waals surface area contributed by atoms with Crippen LogP contribution in [0.15, 0.2) is 0 Å². The summed E-state index contributed by atoms with van der Waals surface area (Å²) in [4.78, 5) is 9.74. The van der Waals surface area contributed by atoms with Crippen LogP contribution in [0.3, 0.4) is 0 Å². The Morgan fingerprint density at radius 3 is 2.12 bits per heavy atom. The molecule has 0 atom stereocenters. The molecule has 0 saturated heterocycles. The molecule has 8 heavy (non-hydrogen) atoms. The average molecular weight is 119 g/mol. The first-order valence-corrected chi connectivity index (χ1v) is 2.01. The maximum absolute atomic E-state index is 9.74. The fourth-order valence-electron chi connectivity index (χ4n) is 0.230. The van der Waals surface area contributed by atoms with Crippen molar-refractivity contribution >= 4 is 6.09 Å². The Kier molecular flexibility index (Phi) is 1.77. The van der Waals surface area contributed by atoms with Gasteiger partial charge in [0.15, 0.2) is 0 Å². The van der Waals surface area contributed by atoms with Crippen LogP contribution >= 0.6 is 0 Å². The number of hydrogen-bond donors (Lipinski definition) is 4. The fraction of sp³-hybridized carbons (Fsp3) is 0.667. The Morgan fingerprint density at radius 1 is 1.75 bits per heavy atom. The molecule has 0 aromatic heterocycles. The molecule has 6 N–H and O–H groups in total. The lowest BCUT2D eigenvalue weighted by molar-refractivity contribution is 0.181. The van der Waals surface area contributed by atoms with Gasteiger partial charge >= 0.3 is 6.09 Å². The molecule has 0 aliphatic carbocycles. The van der Waals surface area contributed by atoms with Crippen molar-refractivity contribution < 1.29 is 9.90 Å². The van der Waals surface area contributed by atoms with Gasteiger partial charge in [-0.25, -0.2) is 4.79 Å². The lowest BCUT2D eigenvalue weighted by Crippen LogP contribution is -2.60. The second-order valence-electron chi connectivity index (χ2n) is 1.71. The number of carboxylic acid groups (broad SMARTS) is 1. The third-order valence-corrected chi connectivity index (χ3v) is 0.376. The minimum absolute atomic E-state index is 1.22. The molecule has 0 radical (unpaired) electrons. The Balaban J connectivity index is 3.55. The van der Waals surface area contributed by atoms with Gasteiger partial charge in [0.2, 0.25) is 0 Å². The Bertz CT molecular complexity index is 95.2. The number of amides is 1. The molecule has 5 heteroatoms. The normalized spacial score (nSPS) is 10.9. The summed E-state index contributed by atoms with van der Waals surface area (Å²) < 4.78 is 0. The largest absolute Gasteiger partial charge is 0.465 e. The maximum atomic E-state index is 9.74. The quantitative estimate of drug-likeness (QED) is 0.327. The van der Waals surface area contributed by atoms with Gasteiger partial charge in [0, 0.05) is 0 Å². The van der Waals surface area contributed by atoms with Crippen molar-refractivity contribution in [2.45, 2.75) is 12.7 Å². The van der Waals surface area contributed by atoms with Crippen molar-refractivity contribution in [1.82, 2.24) is 5.32 Å². The number of rotatable bonds is 1. The zero-order valence-electron chi connectivity index (χ0n) is 4.51. The second kappa shape index (κ2) is 1.97. The fourth-order valence-corrected chi connectivity index (χ4v) is 0.230. The Labute approximate surface area is 46.7 Å². The molecule has 0 bridgehead atoms. The van der Waals surface area contributed by atoms with E-state index in [2.05, 4.69) is 0 Å². The zero-order valence-corrected chi connectivity index (χ0v) is 4.51. The van der Waals surface area contributed by atoms with E-state index < -0.39 is 11.9 Å². The van der Waals surface area contributed by atoms with Gasteiger partial charge in [0.05, 0.1) is 0 Å². The van der Waals surface area contributed by atoms with Crippen molar-refractivity contribution in [2.24, 2.45) is 11.5 Å². The van der Waals surface area contributed by atoms with E-state index in [4.69, 9.17) is 16.6 Å². The third-order valence-electron chi connectivity index (χ3n) is 0.376. The van der Waals surface area contributed by atoms with Crippen LogP contribution in [0.2, 0.25) is 0 Å². The van der Waals surface area contributed by atoms with Gasteiger partial charge in [-0.1, -0.05) is 0 Å². The number of hydrogen-bond acceptors (Lipinski definition) is 3. The molecule has 1 amide bonds. The summed E-state index contributed by atoms with van der Waals surface area (Å²) in [7, 11) is 0. The van der Waals surface area contributed by atoms with Crippen LogP contribution in [0, 0.1) is 0 Å². The highest BCUT2D eigenvalue weighted by Crippen LogP contribution is 1.76. The van der Waals surface area contributed by atoms with Gasteiger partial charge in [-0.2, -0.15) is 0 Å². The molecule has 48 valence electrons. The first-order chi connectivity index (χ1) is 3.42. The second-order valence-corrected chi connectivity index (χ2v) is 1.71. The molecule has 0 saturated carbocycles. The van der Waals surface area contributed by atoms with Crippen LogP contribution in [-0.2, 0) is 0 Å². The molecular weight excluding hydrogens is 110 g/mol. The van der Waals surface area contributed by atoms with E-state index in [1.54, 1.807) is 0 Å². The Hall–Kier alpha value is -0.810. The van der Waals surface area contributed by atoms with Gasteiger partial charge in [-0.05, 0) is 6.92 Å². The smallest absolute Gasteiger partial charge is 0.407 e. The van der Waals surface area contributed by atoms with Gasteiger partial charge < -0.3 is 5.11 Å². The maximum Gasteiger partial charge on any atom is 0.407 e. The summed E-state index contributed by atoms with van der Waals surface area (Å²) in [5, 5.41) is 9.83. The molecule has 0 aromatic carbocycles. The van der Waals surface area contributed by atoms with E-state index in [-0.39, 0.29) is 0 Å². The average Bonchev–Trinajstić information content (AvgIpc) is 1.21. The van der Waals surface area contributed by atoms with E-state index in [0.717, 1.165) is 0 Å². The summed E-state index contributed by atoms with van der Waals surface area (Å²) in [6, 6.07) is 0. The van der Waals surface area contributed by atoms with Gasteiger partial charge in [-0.3, -0.25) is 16.8 Å². The number of carbonyl (C=O) groups is 1. The number of nitrogens with one attached hydrogen (secondary N) is 1. The monoisotopic (exact) mass is 119 g/mol. The van der Waals surface area contributed by atoms with E-state index in [0.29, 0.717) is 0 Å². The predicted octanol–water partition coefficient (Wildman–Crippen LogP) is -1.15. The minimum atomic E-state index is -1.33. The molecule has 0 aromatic rings. The topological polar surface area (TPSA) is 101 Å². The van der Waals surface area contributed by atoms with Crippen LogP contribution in [0.4, 0.5) is 4.79 Å². The van der Waals surface area contributed by atoms with Crippen molar-refractivity contribution in [3.05, 3.63) is 0 Å². The highest BCUT2D eigenvalue weighted by atomic mass is 16.4. The Morgan fingerprint density at radius 2 is 2.12 bits per heavy atom. The molecule has 0 unspecified atom stereocenters. The van der Waals surface area contributed by atoms with Crippen LogP contribution in [0.1, 0.15) is 6.92 Å². The summed E-state index contributed by atoms with van der Waals surface area (Å²) in [5.74, 6) is -1.33. The summed E-state index contributed by atoms with van der Waals surface area (Å²) in [5.41, 5.74) is 10.0. The lowest BCUT2D eigenvalue weighted by atomic mass is 10.5. The molecule has 0 aliphatic heterocycles. The van der Waals surface area contributed by atoms with E-state index in [9.17, 15) is 4.79 Å². The van der Waals surface area contributed by atoms with Crippen LogP contribution in [0.5, 0.6) is 0 Å². The molecule has 5 nitrogen and oxygen atoms in total. The lowest BCUT2D eigenvalue weighted by Gasteiger charge is -2.16. The molecule has 0 spiro atoms. The van der Waals surface area contributed by atoms with E-state index in [1.807, 2.05) is 5.32 Å². The van der Waals surface area contributed by atoms with E-state index in [1.165, 1.54) is 6.92 Å². The van der Waals surface area contributed by atoms with Crippen LogP contribution in [-0.4, -0.2) is 17.0 Å². The van der Waals surface area contributed by atoms with Crippen LogP contribution < -0.4 is 16.8 Å². The SMILES string of the molecule is CC(N)(N)NC(=O)O. The van der Waals surface area contributed by atoms with Crippen molar-refractivity contribution in [3.8, 4) is 0 Å². The highest BCUT2D eigenvalue weighted by molar-refractivity contribution is 5.65. The molecular formula is C3H9N3O2.